The maximum absolute atomic E-state index is 12.2. The average Bonchev–Trinajstić information content (AvgIpc) is 2.45. The third-order valence-corrected chi connectivity index (χ3v) is 3.07. The molecule has 0 aliphatic rings. The van der Waals surface area contributed by atoms with Crippen molar-refractivity contribution in [2.45, 2.75) is 5.38 Å². The second-order valence-electron chi connectivity index (χ2n) is 3.96. The van der Waals surface area contributed by atoms with Gasteiger partial charge in [0.2, 0.25) is 5.91 Å². The molecule has 0 aromatic heterocycles. The van der Waals surface area contributed by atoms with Gasteiger partial charge >= 0.3 is 0 Å². The van der Waals surface area contributed by atoms with Crippen LogP contribution >= 0.6 is 11.6 Å². The van der Waals surface area contributed by atoms with Crippen molar-refractivity contribution < 1.29 is 9.53 Å². The zero-order valence-corrected chi connectivity index (χ0v) is 11.8. The Morgan fingerprint density at radius 3 is 2.26 bits per heavy atom. The van der Waals surface area contributed by atoms with E-state index in [2.05, 4.69) is 13.2 Å². The molecule has 4 heteroatoms. The number of benzene rings is 1. The van der Waals surface area contributed by atoms with Gasteiger partial charge in [-0.05, 0) is 17.7 Å². The van der Waals surface area contributed by atoms with Gasteiger partial charge in [-0.2, -0.15) is 0 Å². The van der Waals surface area contributed by atoms with Crippen molar-refractivity contribution in [2.24, 2.45) is 0 Å². The molecule has 0 aliphatic carbocycles. The van der Waals surface area contributed by atoms with Crippen LogP contribution in [0.2, 0.25) is 0 Å². The highest BCUT2D eigenvalue weighted by Crippen LogP contribution is 2.25. The zero-order chi connectivity index (χ0) is 14.3. The van der Waals surface area contributed by atoms with E-state index in [1.54, 1.807) is 48.4 Å². The third kappa shape index (κ3) is 4.14. The van der Waals surface area contributed by atoms with Crippen molar-refractivity contribution in [2.75, 3.05) is 20.2 Å². The van der Waals surface area contributed by atoms with Gasteiger partial charge in [0.25, 0.3) is 0 Å². The first-order valence-corrected chi connectivity index (χ1v) is 6.36. The Morgan fingerprint density at radius 1 is 1.32 bits per heavy atom. The molecule has 0 bridgehead atoms. The second-order valence-corrected chi connectivity index (χ2v) is 4.39. The summed E-state index contributed by atoms with van der Waals surface area (Å²) in [5, 5.41) is -0.717. The van der Waals surface area contributed by atoms with Crippen LogP contribution in [0.25, 0.3) is 0 Å². The topological polar surface area (TPSA) is 29.5 Å². The van der Waals surface area contributed by atoms with E-state index in [0.717, 1.165) is 11.3 Å². The Balaban J connectivity index is 2.83. The number of amides is 1. The number of carbonyl (C=O) groups excluding carboxylic acids is 1. The molecule has 102 valence electrons. The molecule has 0 saturated heterocycles. The Labute approximate surface area is 119 Å². The van der Waals surface area contributed by atoms with Crippen LogP contribution in [0.5, 0.6) is 5.75 Å². The highest BCUT2D eigenvalue weighted by Gasteiger charge is 2.22. The molecule has 1 atom stereocenters. The van der Waals surface area contributed by atoms with Crippen molar-refractivity contribution in [1.29, 1.82) is 0 Å². The largest absolute Gasteiger partial charge is 0.497 e. The molecule has 1 unspecified atom stereocenters. The maximum Gasteiger partial charge on any atom is 0.245 e. The fraction of sp³-hybridized carbons (Fsp3) is 0.267. The minimum atomic E-state index is -0.717. The summed E-state index contributed by atoms with van der Waals surface area (Å²) in [6, 6.07) is 7.13. The maximum atomic E-state index is 12.2. The number of halogens is 1. The predicted octanol–water partition coefficient (Wildman–Crippen LogP) is 3.18. The van der Waals surface area contributed by atoms with E-state index in [0.29, 0.717) is 13.1 Å². The first kappa shape index (κ1) is 15.3. The minimum absolute atomic E-state index is 0.161. The van der Waals surface area contributed by atoms with E-state index in [1.807, 2.05) is 0 Å². The average molecular weight is 280 g/mol. The van der Waals surface area contributed by atoms with Crippen molar-refractivity contribution >= 4 is 17.5 Å². The lowest BCUT2D eigenvalue weighted by molar-refractivity contribution is -0.129. The van der Waals surface area contributed by atoms with Gasteiger partial charge in [-0.3, -0.25) is 4.79 Å². The summed E-state index contributed by atoms with van der Waals surface area (Å²) >= 11 is 6.22. The number of alkyl halides is 1. The van der Waals surface area contributed by atoms with E-state index < -0.39 is 5.38 Å². The predicted molar refractivity (Wildman–Crippen MR) is 78.6 cm³/mol. The zero-order valence-electron chi connectivity index (χ0n) is 11.0. The lowest BCUT2D eigenvalue weighted by Gasteiger charge is -2.22. The SMILES string of the molecule is C=CCN(CC=C)C(=O)C(Cl)c1ccc(OC)cc1. The number of ether oxygens (including phenoxy) is 1. The highest BCUT2D eigenvalue weighted by molar-refractivity contribution is 6.30. The molecule has 1 aromatic carbocycles. The van der Waals surface area contributed by atoms with Gasteiger partial charge in [-0.25, -0.2) is 0 Å². The number of carbonyl (C=O) groups is 1. The first-order valence-electron chi connectivity index (χ1n) is 5.92. The van der Waals surface area contributed by atoms with Crippen molar-refractivity contribution in [3.8, 4) is 5.75 Å². The molecular weight excluding hydrogens is 262 g/mol. The Kier molecular flexibility index (Phi) is 6.16. The Morgan fingerprint density at radius 2 is 1.84 bits per heavy atom. The fourth-order valence-corrected chi connectivity index (χ4v) is 1.93. The van der Waals surface area contributed by atoms with E-state index in [9.17, 15) is 4.79 Å². The molecule has 0 radical (unpaired) electrons. The van der Waals surface area contributed by atoms with Gasteiger partial charge in [-0.15, -0.1) is 24.8 Å². The summed E-state index contributed by atoms with van der Waals surface area (Å²) in [5.41, 5.74) is 0.741. The monoisotopic (exact) mass is 279 g/mol. The molecule has 0 heterocycles. The van der Waals surface area contributed by atoms with Crippen LogP contribution < -0.4 is 4.74 Å². The van der Waals surface area contributed by atoms with E-state index in [-0.39, 0.29) is 5.91 Å². The van der Waals surface area contributed by atoms with Crippen LogP contribution in [-0.4, -0.2) is 31.0 Å². The number of hydrogen-bond donors (Lipinski definition) is 0. The summed E-state index contributed by atoms with van der Waals surface area (Å²) in [6.45, 7) is 8.16. The molecule has 3 nitrogen and oxygen atoms in total. The standard InChI is InChI=1S/C15H18ClNO2/c1-4-10-17(11-5-2)15(18)14(16)12-6-8-13(19-3)9-7-12/h4-9,14H,1-2,10-11H2,3H3. The molecule has 19 heavy (non-hydrogen) atoms. The van der Waals surface area contributed by atoms with Gasteiger partial charge in [0.15, 0.2) is 0 Å². The molecule has 1 amide bonds. The van der Waals surface area contributed by atoms with Gasteiger partial charge in [-0.1, -0.05) is 24.3 Å². The lowest BCUT2D eigenvalue weighted by Crippen LogP contribution is -2.33. The molecule has 0 saturated carbocycles. The van der Waals surface area contributed by atoms with Crippen molar-refractivity contribution in [3.05, 3.63) is 55.1 Å². The van der Waals surface area contributed by atoms with Gasteiger partial charge in [0.1, 0.15) is 11.1 Å². The fourth-order valence-electron chi connectivity index (χ4n) is 1.64. The quantitative estimate of drug-likeness (QED) is 0.567. The lowest BCUT2D eigenvalue weighted by atomic mass is 10.1. The molecule has 0 N–H and O–H groups in total. The number of methoxy groups -OCH3 is 1. The van der Waals surface area contributed by atoms with E-state index >= 15 is 0 Å². The molecule has 1 rings (SSSR count). The van der Waals surface area contributed by atoms with Crippen LogP contribution in [0.1, 0.15) is 10.9 Å². The van der Waals surface area contributed by atoms with Crippen molar-refractivity contribution in [1.82, 2.24) is 4.90 Å². The minimum Gasteiger partial charge on any atom is -0.497 e. The Bertz CT molecular complexity index is 432. The van der Waals surface area contributed by atoms with Crippen molar-refractivity contribution in [3.63, 3.8) is 0 Å². The molecule has 0 spiro atoms. The summed E-state index contributed by atoms with van der Waals surface area (Å²) in [7, 11) is 1.59. The second kappa shape index (κ2) is 7.64. The number of rotatable bonds is 7. The normalized spacial score (nSPS) is 11.5. The summed E-state index contributed by atoms with van der Waals surface area (Å²) in [6.07, 6.45) is 3.33. The third-order valence-electron chi connectivity index (χ3n) is 2.64. The smallest absolute Gasteiger partial charge is 0.245 e. The molecule has 0 aliphatic heterocycles. The van der Waals surface area contributed by atoms with Gasteiger partial charge < -0.3 is 9.64 Å². The molecule has 0 fully saturated rings. The molecule has 1 aromatic rings. The summed E-state index contributed by atoms with van der Waals surface area (Å²) in [5.74, 6) is 0.570. The van der Waals surface area contributed by atoms with Gasteiger partial charge in [0, 0.05) is 13.1 Å². The van der Waals surface area contributed by atoms with E-state index in [1.165, 1.54) is 0 Å². The van der Waals surface area contributed by atoms with Crippen LogP contribution in [0.3, 0.4) is 0 Å². The number of hydrogen-bond acceptors (Lipinski definition) is 2. The molecular formula is C15H18ClNO2. The van der Waals surface area contributed by atoms with Crippen LogP contribution in [0.4, 0.5) is 0 Å². The number of nitrogens with zero attached hydrogens (tertiary/aromatic N) is 1. The first-order chi connectivity index (χ1) is 9.13. The van der Waals surface area contributed by atoms with Gasteiger partial charge in [0.05, 0.1) is 7.11 Å². The summed E-state index contributed by atoms with van der Waals surface area (Å²) < 4.78 is 5.07. The van der Waals surface area contributed by atoms with Crippen LogP contribution in [0.15, 0.2) is 49.6 Å². The van der Waals surface area contributed by atoms with Crippen LogP contribution in [0, 0.1) is 0 Å². The van der Waals surface area contributed by atoms with Crippen LogP contribution in [-0.2, 0) is 4.79 Å². The highest BCUT2D eigenvalue weighted by atomic mass is 35.5. The van der Waals surface area contributed by atoms with E-state index in [4.69, 9.17) is 16.3 Å². The summed E-state index contributed by atoms with van der Waals surface area (Å²) in [4.78, 5) is 13.8. The Hall–Kier alpha value is -1.74.